The van der Waals surface area contributed by atoms with E-state index < -0.39 is 56.3 Å². The van der Waals surface area contributed by atoms with Crippen molar-refractivity contribution in [3.05, 3.63) is 106 Å². The molecule has 1 N–H and O–H groups in total. The maximum Gasteiger partial charge on any atom is 0.319 e. The van der Waals surface area contributed by atoms with Crippen LogP contribution >= 0.6 is 15.9 Å². The van der Waals surface area contributed by atoms with Gasteiger partial charge < -0.3 is 5.11 Å². The molecule has 0 unspecified atom stereocenters. The fourth-order valence-electron chi connectivity index (χ4n) is 3.26. The maximum atomic E-state index is 12.6. The third kappa shape index (κ3) is 7.71. The first-order valence-corrected chi connectivity index (χ1v) is 14.3. The summed E-state index contributed by atoms with van der Waals surface area (Å²) in [4.78, 5) is 12.5. The molecule has 8 nitrogen and oxygen atoms in total. The number of hydrogen-bond acceptors (Lipinski definition) is 7. The minimum absolute atomic E-state index is 0.115. The highest BCUT2D eigenvalue weighted by atomic mass is 79.9. The van der Waals surface area contributed by atoms with Gasteiger partial charge in [0.05, 0.1) is 13.2 Å². The van der Waals surface area contributed by atoms with Crippen LogP contribution in [-0.2, 0) is 50.3 Å². The van der Waals surface area contributed by atoms with E-state index in [0.29, 0.717) is 15.6 Å². The zero-order chi connectivity index (χ0) is 25.5. The fraction of sp³-hybridized carbons (Fsp3) is 0.208. The topological polar surface area (TPSA) is 124 Å². The quantitative estimate of drug-likeness (QED) is 0.319. The van der Waals surface area contributed by atoms with E-state index in [9.17, 15) is 26.7 Å². The molecule has 0 atom stereocenters. The van der Waals surface area contributed by atoms with Crippen LogP contribution in [0.5, 0.6) is 0 Å². The zero-order valence-electron chi connectivity index (χ0n) is 18.4. The first-order valence-electron chi connectivity index (χ1n) is 10.3. The lowest BCUT2D eigenvalue weighted by molar-refractivity contribution is -0.146. The van der Waals surface area contributed by atoms with Crippen molar-refractivity contribution in [1.82, 2.24) is 0 Å². The SMILES string of the molecule is O=C(O)C(COS(=O)(=O)Cc1ccccc1)(COS(=O)(=O)Cc1ccccc1)c1cccc(Br)c1. The van der Waals surface area contributed by atoms with Crippen molar-refractivity contribution < 1.29 is 35.1 Å². The van der Waals surface area contributed by atoms with Crippen LogP contribution in [0, 0.1) is 0 Å². The molecule has 0 fully saturated rings. The van der Waals surface area contributed by atoms with Gasteiger partial charge in [-0.25, -0.2) is 0 Å². The Balaban J connectivity index is 1.88. The average Bonchev–Trinajstić information content (AvgIpc) is 2.80. The van der Waals surface area contributed by atoms with E-state index in [1.165, 1.54) is 12.1 Å². The van der Waals surface area contributed by atoms with Gasteiger partial charge in [-0.15, -0.1) is 0 Å². The van der Waals surface area contributed by atoms with Crippen LogP contribution < -0.4 is 0 Å². The summed E-state index contributed by atoms with van der Waals surface area (Å²) >= 11 is 3.26. The summed E-state index contributed by atoms with van der Waals surface area (Å²) in [5.41, 5.74) is -1.10. The molecule has 0 saturated heterocycles. The van der Waals surface area contributed by atoms with Crippen molar-refractivity contribution in [3.63, 3.8) is 0 Å². The molecular weight excluding hydrogens is 560 g/mol. The maximum absolute atomic E-state index is 12.6. The molecule has 0 radical (unpaired) electrons. The molecule has 0 heterocycles. The lowest BCUT2D eigenvalue weighted by Crippen LogP contribution is -2.46. The second-order valence-electron chi connectivity index (χ2n) is 7.80. The summed E-state index contributed by atoms with van der Waals surface area (Å²) in [5, 5.41) is 10.2. The first-order chi connectivity index (χ1) is 16.5. The van der Waals surface area contributed by atoms with Gasteiger partial charge in [-0.1, -0.05) is 88.7 Å². The molecule has 0 bridgehead atoms. The van der Waals surface area contributed by atoms with Crippen molar-refractivity contribution in [1.29, 1.82) is 0 Å². The molecule has 0 aliphatic heterocycles. The molecule has 35 heavy (non-hydrogen) atoms. The summed E-state index contributed by atoms with van der Waals surface area (Å²) in [6.07, 6.45) is 0. The molecule has 11 heteroatoms. The summed E-state index contributed by atoms with van der Waals surface area (Å²) in [7, 11) is -8.40. The van der Waals surface area contributed by atoms with Crippen LogP contribution in [0.4, 0.5) is 0 Å². The van der Waals surface area contributed by atoms with E-state index in [2.05, 4.69) is 15.9 Å². The highest BCUT2D eigenvalue weighted by Crippen LogP contribution is 2.30. The number of rotatable bonds is 12. The lowest BCUT2D eigenvalue weighted by Gasteiger charge is -2.29. The predicted octanol–water partition coefficient (Wildman–Crippen LogP) is 3.86. The molecule has 3 aromatic rings. The Hall–Kier alpha value is -2.57. The van der Waals surface area contributed by atoms with Crippen molar-refractivity contribution in [2.75, 3.05) is 13.2 Å². The van der Waals surface area contributed by atoms with E-state index >= 15 is 0 Å². The Bertz CT molecular complexity index is 1280. The highest BCUT2D eigenvalue weighted by molar-refractivity contribution is 9.10. The molecule has 3 aromatic carbocycles. The standard InChI is InChI=1S/C24H23BrO8S2/c25-22-13-7-12-21(14-22)24(23(26)27,17-32-34(28,29)15-19-8-3-1-4-9-19)18-33-35(30,31)16-20-10-5-2-6-11-20/h1-14H,15-18H2,(H,26,27). The normalized spacial score (nSPS) is 12.4. The number of carboxylic acids is 1. The second kappa shape index (κ2) is 11.4. The predicted molar refractivity (Wildman–Crippen MR) is 133 cm³/mol. The Labute approximate surface area is 212 Å². The molecular formula is C24H23BrO8S2. The third-order valence-corrected chi connectivity index (χ3v) is 7.95. The summed E-state index contributed by atoms with van der Waals surface area (Å²) in [6, 6.07) is 22.6. The van der Waals surface area contributed by atoms with Crippen LogP contribution in [0.1, 0.15) is 16.7 Å². The van der Waals surface area contributed by atoms with E-state index in [1.54, 1.807) is 72.8 Å². The van der Waals surface area contributed by atoms with Gasteiger partial charge in [-0.2, -0.15) is 16.8 Å². The molecule has 0 amide bonds. The number of benzene rings is 3. The van der Waals surface area contributed by atoms with E-state index in [0.717, 1.165) is 0 Å². The van der Waals surface area contributed by atoms with Gasteiger partial charge in [-0.05, 0) is 28.8 Å². The minimum atomic E-state index is -4.20. The van der Waals surface area contributed by atoms with Crippen LogP contribution in [0.25, 0.3) is 0 Å². The zero-order valence-corrected chi connectivity index (χ0v) is 21.6. The molecule has 0 saturated carbocycles. The van der Waals surface area contributed by atoms with Gasteiger partial charge in [0.2, 0.25) is 0 Å². The lowest BCUT2D eigenvalue weighted by atomic mass is 9.82. The monoisotopic (exact) mass is 582 g/mol. The average molecular weight is 583 g/mol. The number of carbonyl (C=O) groups is 1. The molecule has 0 aliphatic carbocycles. The Morgan fingerprint density at radius 1 is 0.743 bits per heavy atom. The van der Waals surface area contributed by atoms with Gasteiger partial charge >= 0.3 is 5.97 Å². The third-order valence-electron chi connectivity index (χ3n) is 5.13. The smallest absolute Gasteiger partial charge is 0.319 e. The van der Waals surface area contributed by atoms with Crippen LogP contribution in [0.15, 0.2) is 89.4 Å². The van der Waals surface area contributed by atoms with E-state index in [4.69, 9.17) is 8.37 Å². The number of hydrogen-bond donors (Lipinski definition) is 1. The number of halogens is 1. The van der Waals surface area contributed by atoms with E-state index in [1.807, 2.05) is 0 Å². The van der Waals surface area contributed by atoms with Crippen LogP contribution in [0.2, 0.25) is 0 Å². The van der Waals surface area contributed by atoms with Crippen molar-refractivity contribution in [2.45, 2.75) is 16.9 Å². The summed E-state index contributed by atoms with van der Waals surface area (Å²) < 4.78 is 61.3. The van der Waals surface area contributed by atoms with Gasteiger partial charge in [-0.3, -0.25) is 13.2 Å². The molecule has 0 aliphatic rings. The second-order valence-corrected chi connectivity index (χ2v) is 12.0. The summed E-state index contributed by atoms with van der Waals surface area (Å²) in [5.74, 6) is -2.45. The van der Waals surface area contributed by atoms with Gasteiger partial charge in [0.25, 0.3) is 20.2 Å². The van der Waals surface area contributed by atoms with Crippen molar-refractivity contribution in [3.8, 4) is 0 Å². The van der Waals surface area contributed by atoms with Crippen molar-refractivity contribution >= 4 is 42.1 Å². The number of aliphatic carboxylic acids is 1. The molecule has 3 rings (SSSR count). The van der Waals surface area contributed by atoms with Gasteiger partial charge in [0, 0.05) is 4.47 Å². The summed E-state index contributed by atoms with van der Waals surface area (Å²) in [6.45, 7) is -1.73. The first kappa shape index (κ1) is 27.0. The minimum Gasteiger partial charge on any atom is -0.480 e. The molecule has 186 valence electrons. The Morgan fingerprint density at radius 2 is 1.20 bits per heavy atom. The molecule has 0 spiro atoms. The van der Waals surface area contributed by atoms with Crippen molar-refractivity contribution in [2.24, 2.45) is 0 Å². The van der Waals surface area contributed by atoms with Crippen LogP contribution in [0.3, 0.4) is 0 Å². The Morgan fingerprint density at radius 3 is 1.60 bits per heavy atom. The van der Waals surface area contributed by atoms with Gasteiger partial charge in [0.1, 0.15) is 16.9 Å². The highest BCUT2D eigenvalue weighted by Gasteiger charge is 2.44. The van der Waals surface area contributed by atoms with Gasteiger partial charge in [0.15, 0.2) is 0 Å². The molecule has 0 aromatic heterocycles. The number of carboxylic acid groups (broad SMARTS) is 1. The Kier molecular flexibility index (Phi) is 8.84. The fourth-order valence-corrected chi connectivity index (χ4v) is 5.79. The largest absolute Gasteiger partial charge is 0.480 e. The van der Waals surface area contributed by atoms with Crippen LogP contribution in [-0.4, -0.2) is 41.1 Å². The van der Waals surface area contributed by atoms with E-state index in [-0.39, 0.29) is 5.56 Å².